The van der Waals surface area contributed by atoms with Crippen LogP contribution in [0.4, 0.5) is 4.39 Å². The van der Waals surface area contributed by atoms with E-state index < -0.39 is 0 Å². The van der Waals surface area contributed by atoms with Gasteiger partial charge < -0.3 is 0 Å². The zero-order valence-electron chi connectivity index (χ0n) is 11.6. The van der Waals surface area contributed by atoms with E-state index in [0.29, 0.717) is 6.54 Å². The summed E-state index contributed by atoms with van der Waals surface area (Å²) in [6.45, 7) is 0.495. The highest BCUT2D eigenvalue weighted by atomic mass is 32.1. The molecule has 0 atom stereocenters. The van der Waals surface area contributed by atoms with Gasteiger partial charge in [-0.15, -0.1) is 0 Å². The summed E-state index contributed by atoms with van der Waals surface area (Å²) in [5.74, 6) is -0.249. The maximum atomic E-state index is 13.8. The minimum Gasteiger partial charge on any atom is -0.268 e. The molecule has 0 saturated heterocycles. The first-order chi connectivity index (χ1) is 10.8. The molecule has 22 heavy (non-hydrogen) atoms. The Kier molecular flexibility index (Phi) is 3.20. The third kappa shape index (κ3) is 2.40. The Bertz CT molecular complexity index is 928. The van der Waals surface area contributed by atoms with E-state index in [1.165, 1.54) is 12.1 Å². The van der Waals surface area contributed by atoms with Crippen molar-refractivity contribution in [2.75, 3.05) is 0 Å². The number of benzene rings is 1. The fraction of sp³-hybridized carbons (Fsp3) is 0.0588. The van der Waals surface area contributed by atoms with Gasteiger partial charge in [-0.2, -0.15) is 16.4 Å². The summed E-state index contributed by atoms with van der Waals surface area (Å²) >= 11 is 1.64. The van der Waals surface area contributed by atoms with Crippen LogP contribution in [-0.2, 0) is 6.54 Å². The normalized spacial score (nSPS) is 11.1. The summed E-state index contributed by atoms with van der Waals surface area (Å²) in [6, 6.07) is 10.7. The Labute approximate surface area is 130 Å². The minimum atomic E-state index is -0.249. The third-order valence-corrected chi connectivity index (χ3v) is 4.22. The average Bonchev–Trinajstić information content (AvgIpc) is 3.17. The van der Waals surface area contributed by atoms with Crippen molar-refractivity contribution in [1.29, 1.82) is 0 Å². The maximum Gasteiger partial charge on any atom is 0.124 e. The summed E-state index contributed by atoms with van der Waals surface area (Å²) < 4.78 is 15.6. The van der Waals surface area contributed by atoms with Gasteiger partial charge in [-0.1, -0.05) is 6.07 Å². The van der Waals surface area contributed by atoms with Gasteiger partial charge in [0.15, 0.2) is 0 Å². The Morgan fingerprint density at radius 1 is 1.18 bits per heavy atom. The van der Waals surface area contributed by atoms with Gasteiger partial charge in [0.05, 0.1) is 17.8 Å². The van der Waals surface area contributed by atoms with Crippen molar-refractivity contribution >= 4 is 22.2 Å². The lowest BCUT2D eigenvalue weighted by molar-refractivity contribution is 0.622. The molecule has 108 valence electrons. The van der Waals surface area contributed by atoms with E-state index in [4.69, 9.17) is 0 Å². The molecule has 0 aliphatic heterocycles. The van der Waals surface area contributed by atoms with Gasteiger partial charge in [-0.05, 0) is 35.7 Å². The fourth-order valence-corrected chi connectivity index (χ4v) is 3.19. The van der Waals surface area contributed by atoms with Crippen molar-refractivity contribution in [1.82, 2.24) is 14.8 Å². The number of hydrogen-bond donors (Lipinski definition) is 0. The predicted octanol–water partition coefficient (Wildman–Crippen LogP) is 4.35. The van der Waals surface area contributed by atoms with Crippen LogP contribution >= 0.6 is 11.3 Å². The lowest BCUT2D eigenvalue weighted by Crippen LogP contribution is -2.02. The smallest absolute Gasteiger partial charge is 0.124 e. The number of thiophene rings is 1. The van der Waals surface area contributed by atoms with Crippen LogP contribution in [0.5, 0.6) is 0 Å². The Balaban J connectivity index is 1.72. The molecule has 5 heteroatoms. The molecule has 0 aliphatic carbocycles. The van der Waals surface area contributed by atoms with E-state index in [-0.39, 0.29) is 5.82 Å². The van der Waals surface area contributed by atoms with Gasteiger partial charge in [0.1, 0.15) is 5.82 Å². The average molecular weight is 309 g/mol. The second kappa shape index (κ2) is 5.35. The second-order valence-corrected chi connectivity index (χ2v) is 5.83. The lowest BCUT2D eigenvalue weighted by Gasteiger charge is -2.06. The molecule has 0 bridgehead atoms. The van der Waals surface area contributed by atoms with E-state index in [0.717, 1.165) is 27.7 Å². The second-order valence-electron chi connectivity index (χ2n) is 5.05. The van der Waals surface area contributed by atoms with Crippen LogP contribution in [0, 0.1) is 5.82 Å². The monoisotopic (exact) mass is 309 g/mol. The molecule has 0 fully saturated rings. The van der Waals surface area contributed by atoms with Crippen molar-refractivity contribution in [2.24, 2.45) is 0 Å². The summed E-state index contributed by atoms with van der Waals surface area (Å²) in [5, 5.41) is 9.45. The van der Waals surface area contributed by atoms with E-state index in [9.17, 15) is 4.39 Å². The first-order valence-electron chi connectivity index (χ1n) is 6.89. The molecule has 0 N–H and O–H groups in total. The standard InChI is InChI=1S/C17H12FN3S/c18-15-8-12-2-1-5-19-17(12)14(9-15)10-21-6-3-16(20-21)13-4-7-22-11-13/h1-9,11H,10H2. The van der Waals surface area contributed by atoms with Gasteiger partial charge in [0.25, 0.3) is 0 Å². The number of halogens is 1. The van der Waals surface area contributed by atoms with Crippen LogP contribution in [0.1, 0.15) is 5.56 Å². The first-order valence-corrected chi connectivity index (χ1v) is 7.83. The Hall–Kier alpha value is -2.53. The van der Waals surface area contributed by atoms with Crippen LogP contribution in [0.25, 0.3) is 22.2 Å². The molecule has 0 saturated carbocycles. The van der Waals surface area contributed by atoms with Gasteiger partial charge in [-0.3, -0.25) is 9.67 Å². The summed E-state index contributed by atoms with van der Waals surface area (Å²) in [5.41, 5.74) is 3.67. The highest BCUT2D eigenvalue weighted by Gasteiger charge is 2.08. The number of hydrogen-bond acceptors (Lipinski definition) is 3. The molecule has 4 aromatic rings. The number of pyridine rings is 1. The van der Waals surface area contributed by atoms with E-state index in [1.54, 1.807) is 17.5 Å². The van der Waals surface area contributed by atoms with E-state index in [1.807, 2.05) is 40.5 Å². The molecule has 0 amide bonds. The van der Waals surface area contributed by atoms with Crippen molar-refractivity contribution in [2.45, 2.75) is 6.54 Å². The molecule has 0 unspecified atom stereocenters. The van der Waals surface area contributed by atoms with E-state index in [2.05, 4.69) is 15.5 Å². The minimum absolute atomic E-state index is 0.249. The molecule has 3 heterocycles. The maximum absolute atomic E-state index is 13.8. The lowest BCUT2D eigenvalue weighted by atomic mass is 10.1. The molecule has 0 aliphatic rings. The van der Waals surface area contributed by atoms with Gasteiger partial charge >= 0.3 is 0 Å². The Morgan fingerprint density at radius 3 is 3.00 bits per heavy atom. The van der Waals surface area contributed by atoms with Crippen LogP contribution in [0.15, 0.2) is 59.6 Å². The quantitative estimate of drug-likeness (QED) is 0.563. The van der Waals surface area contributed by atoms with Crippen molar-refractivity contribution in [3.8, 4) is 11.3 Å². The number of nitrogens with zero attached hydrogens (tertiary/aromatic N) is 3. The largest absolute Gasteiger partial charge is 0.268 e. The molecule has 4 rings (SSSR count). The number of fused-ring (bicyclic) bond motifs is 1. The highest BCUT2D eigenvalue weighted by molar-refractivity contribution is 7.08. The van der Waals surface area contributed by atoms with Crippen LogP contribution in [-0.4, -0.2) is 14.8 Å². The number of rotatable bonds is 3. The van der Waals surface area contributed by atoms with Gasteiger partial charge in [-0.25, -0.2) is 4.39 Å². The van der Waals surface area contributed by atoms with Crippen molar-refractivity contribution < 1.29 is 4.39 Å². The predicted molar refractivity (Wildman–Crippen MR) is 86.3 cm³/mol. The van der Waals surface area contributed by atoms with E-state index >= 15 is 0 Å². The van der Waals surface area contributed by atoms with Gasteiger partial charge in [0.2, 0.25) is 0 Å². The SMILES string of the molecule is Fc1cc(Cn2ccc(-c3ccsc3)n2)c2ncccc2c1. The van der Waals surface area contributed by atoms with Crippen LogP contribution in [0.2, 0.25) is 0 Å². The fourth-order valence-electron chi connectivity index (χ4n) is 2.54. The molecule has 1 aromatic carbocycles. The topological polar surface area (TPSA) is 30.7 Å². The first kappa shape index (κ1) is 13.2. The molecule has 3 nitrogen and oxygen atoms in total. The molecular formula is C17H12FN3S. The van der Waals surface area contributed by atoms with Gasteiger partial charge in [0, 0.05) is 34.3 Å². The molecule has 0 spiro atoms. The molecular weight excluding hydrogens is 297 g/mol. The van der Waals surface area contributed by atoms with Crippen molar-refractivity contribution in [3.63, 3.8) is 0 Å². The Morgan fingerprint density at radius 2 is 2.14 bits per heavy atom. The van der Waals surface area contributed by atoms with Crippen LogP contribution < -0.4 is 0 Å². The zero-order valence-corrected chi connectivity index (χ0v) is 12.4. The zero-order chi connectivity index (χ0) is 14.9. The summed E-state index contributed by atoms with van der Waals surface area (Å²) in [7, 11) is 0. The third-order valence-electron chi connectivity index (χ3n) is 3.54. The summed E-state index contributed by atoms with van der Waals surface area (Å²) in [4.78, 5) is 4.37. The summed E-state index contributed by atoms with van der Waals surface area (Å²) in [6.07, 6.45) is 3.64. The van der Waals surface area contributed by atoms with Crippen LogP contribution in [0.3, 0.4) is 0 Å². The van der Waals surface area contributed by atoms with Crippen molar-refractivity contribution in [3.05, 3.63) is 70.9 Å². The number of aromatic nitrogens is 3. The molecule has 3 aromatic heterocycles. The molecule has 0 radical (unpaired) electrons. The highest BCUT2D eigenvalue weighted by Crippen LogP contribution is 2.22.